The topological polar surface area (TPSA) is 109 Å². The summed E-state index contributed by atoms with van der Waals surface area (Å²) in [6, 6.07) is 17.4. The number of anilines is 2. The summed E-state index contributed by atoms with van der Waals surface area (Å²) in [5, 5.41) is 2.49. The normalized spacial score (nSPS) is 19.6. The van der Waals surface area contributed by atoms with Crippen LogP contribution in [0.25, 0.3) is 0 Å². The number of nitrogens with one attached hydrogen (secondary N) is 2. The van der Waals surface area contributed by atoms with Crippen LogP contribution in [0.4, 0.5) is 24.5 Å². The fourth-order valence-electron chi connectivity index (χ4n) is 5.20. The molecule has 0 unspecified atom stereocenters. The van der Waals surface area contributed by atoms with Crippen molar-refractivity contribution in [3.63, 3.8) is 0 Å². The summed E-state index contributed by atoms with van der Waals surface area (Å²) in [4.78, 5) is 55.6. The van der Waals surface area contributed by atoms with Crippen molar-refractivity contribution in [3.8, 4) is 5.75 Å². The molecule has 1 saturated heterocycles. The molecule has 8 nitrogen and oxygen atoms in total. The van der Waals surface area contributed by atoms with E-state index in [0.717, 1.165) is 35.2 Å². The number of aromatic nitrogens is 1. The third-order valence-electron chi connectivity index (χ3n) is 6.99. The predicted octanol–water partition coefficient (Wildman–Crippen LogP) is 5.92. The van der Waals surface area contributed by atoms with Crippen molar-refractivity contribution in [1.29, 1.82) is 0 Å². The van der Waals surface area contributed by atoms with Crippen LogP contribution in [0.1, 0.15) is 21.9 Å². The minimum atomic E-state index is -4.80. The van der Waals surface area contributed by atoms with Crippen LogP contribution in [-0.4, -0.2) is 34.6 Å². The molecular formula is C29H19ClF3N3O5S2. The Bertz CT molecular complexity index is 1810. The van der Waals surface area contributed by atoms with Crippen molar-refractivity contribution in [3.05, 3.63) is 103 Å². The van der Waals surface area contributed by atoms with Gasteiger partial charge in [0.25, 0.3) is 5.91 Å². The maximum atomic E-state index is 13.9. The summed E-state index contributed by atoms with van der Waals surface area (Å²) in [5.41, 5.74) is -0.630. The zero-order chi connectivity index (χ0) is 30.5. The zero-order valence-corrected chi connectivity index (χ0v) is 24.1. The van der Waals surface area contributed by atoms with E-state index in [1.807, 2.05) is 0 Å². The SMILES string of the molecule is O=C(COc1cccc([C@@H]2c3sc(=O)[nH]c3S[C@H]3C(=O)N(c4ccccc4C(F)(F)F)C(=O)[C@@H]23)c1)Nc1ccc(Cl)cc1. The van der Waals surface area contributed by atoms with Gasteiger partial charge in [0.15, 0.2) is 6.61 Å². The number of nitrogens with zero attached hydrogens (tertiary/aromatic N) is 1. The maximum absolute atomic E-state index is 13.9. The number of carbonyl (C=O) groups excluding carboxylic acids is 3. The Balaban J connectivity index is 1.31. The van der Waals surface area contributed by atoms with Crippen LogP contribution in [0.3, 0.4) is 0 Å². The van der Waals surface area contributed by atoms with Crippen molar-refractivity contribution in [2.24, 2.45) is 5.92 Å². The second-order valence-electron chi connectivity index (χ2n) is 9.69. The third kappa shape index (κ3) is 5.55. The molecule has 2 aliphatic heterocycles. The Morgan fingerprint density at radius 2 is 1.74 bits per heavy atom. The lowest BCUT2D eigenvalue weighted by molar-refractivity contribution is -0.137. The number of ether oxygens (including phenoxy) is 1. The zero-order valence-electron chi connectivity index (χ0n) is 21.7. The lowest BCUT2D eigenvalue weighted by Gasteiger charge is -2.30. The molecule has 220 valence electrons. The molecule has 2 aliphatic rings. The van der Waals surface area contributed by atoms with Gasteiger partial charge in [0.1, 0.15) is 11.0 Å². The van der Waals surface area contributed by atoms with Gasteiger partial charge in [0.2, 0.25) is 11.8 Å². The lowest BCUT2D eigenvalue weighted by atomic mass is 9.83. The average molecular weight is 646 g/mol. The summed E-state index contributed by atoms with van der Waals surface area (Å²) < 4.78 is 47.2. The first kappa shape index (κ1) is 29.0. The highest BCUT2D eigenvalue weighted by Gasteiger charge is 2.57. The quantitative estimate of drug-likeness (QED) is 0.252. The number of thioether (sulfide) groups is 1. The molecule has 1 aromatic heterocycles. The predicted molar refractivity (Wildman–Crippen MR) is 156 cm³/mol. The lowest BCUT2D eigenvalue weighted by Crippen LogP contribution is -2.33. The molecule has 1 fully saturated rings. The summed E-state index contributed by atoms with van der Waals surface area (Å²) in [5.74, 6) is -3.70. The van der Waals surface area contributed by atoms with Gasteiger partial charge in [-0.3, -0.25) is 19.2 Å². The van der Waals surface area contributed by atoms with E-state index in [9.17, 15) is 32.3 Å². The molecule has 3 atom stereocenters. The number of halogens is 4. The first-order chi connectivity index (χ1) is 20.5. The van der Waals surface area contributed by atoms with Gasteiger partial charge in [-0.2, -0.15) is 13.2 Å². The number of rotatable bonds is 6. The van der Waals surface area contributed by atoms with E-state index in [2.05, 4.69) is 10.3 Å². The van der Waals surface area contributed by atoms with Crippen LogP contribution in [0.15, 0.2) is 82.6 Å². The molecule has 3 aromatic carbocycles. The molecule has 6 rings (SSSR count). The smallest absolute Gasteiger partial charge is 0.418 e. The number of thiazole rings is 1. The monoisotopic (exact) mass is 645 g/mol. The van der Waals surface area contributed by atoms with Crippen LogP contribution < -0.4 is 19.8 Å². The van der Waals surface area contributed by atoms with E-state index in [-0.39, 0.29) is 12.4 Å². The van der Waals surface area contributed by atoms with Crippen molar-refractivity contribution in [2.45, 2.75) is 22.4 Å². The van der Waals surface area contributed by atoms with Gasteiger partial charge < -0.3 is 15.0 Å². The minimum absolute atomic E-state index is 0.277. The largest absolute Gasteiger partial charge is 0.484 e. The maximum Gasteiger partial charge on any atom is 0.418 e. The minimum Gasteiger partial charge on any atom is -0.484 e. The summed E-state index contributed by atoms with van der Waals surface area (Å²) >= 11 is 7.70. The Morgan fingerprint density at radius 3 is 2.49 bits per heavy atom. The molecule has 0 aliphatic carbocycles. The number of fused-ring (bicyclic) bond motifs is 2. The molecule has 0 radical (unpaired) electrons. The van der Waals surface area contributed by atoms with Crippen LogP contribution in [0, 0.1) is 5.92 Å². The molecule has 14 heteroatoms. The molecule has 3 heterocycles. The van der Waals surface area contributed by atoms with Gasteiger partial charge >= 0.3 is 11.0 Å². The number of alkyl halides is 3. The fourth-order valence-corrected chi connectivity index (χ4v) is 7.84. The van der Waals surface area contributed by atoms with Crippen molar-refractivity contribution < 1.29 is 32.3 Å². The highest BCUT2D eigenvalue weighted by molar-refractivity contribution is 8.00. The van der Waals surface area contributed by atoms with Crippen LogP contribution in [0.5, 0.6) is 5.75 Å². The standard InChI is InChI=1S/C29H19ClF3N3O5S2/c30-15-8-10-16(11-9-15)34-20(37)13-41-17-5-3-4-14(12-17)21-22-24(42-25-23(21)43-28(40)35-25)27(39)36(26(22)38)19-7-2-1-6-18(19)29(31,32)33/h1-12,21-22,24H,13H2,(H,34,37)(H,35,40)/t21-,22-,24+/m0/s1. The third-order valence-corrected chi connectivity index (χ3v) is 9.64. The Hall–Kier alpha value is -4.07. The number of amides is 3. The van der Waals surface area contributed by atoms with Crippen LogP contribution >= 0.6 is 34.7 Å². The Labute approximate surface area is 254 Å². The first-order valence-electron chi connectivity index (χ1n) is 12.7. The van der Waals surface area contributed by atoms with E-state index in [1.165, 1.54) is 12.1 Å². The number of imide groups is 1. The Morgan fingerprint density at radius 1 is 1.00 bits per heavy atom. The summed E-state index contributed by atoms with van der Waals surface area (Å²) in [6.07, 6.45) is -4.80. The van der Waals surface area contributed by atoms with E-state index in [4.69, 9.17) is 16.3 Å². The van der Waals surface area contributed by atoms with Gasteiger partial charge in [0.05, 0.1) is 22.2 Å². The number of H-pyrrole nitrogens is 1. The number of hydrogen-bond acceptors (Lipinski definition) is 7. The van der Waals surface area contributed by atoms with Crippen molar-refractivity contribution in [2.75, 3.05) is 16.8 Å². The van der Waals surface area contributed by atoms with E-state index in [0.29, 0.717) is 31.1 Å². The summed E-state index contributed by atoms with van der Waals surface area (Å²) in [6.45, 7) is -0.346. The number of hydrogen-bond donors (Lipinski definition) is 2. The molecule has 3 amide bonds. The number of aromatic amines is 1. The fraction of sp³-hybridized carbons (Fsp3) is 0.172. The van der Waals surface area contributed by atoms with Crippen molar-refractivity contribution in [1.82, 2.24) is 4.98 Å². The summed E-state index contributed by atoms with van der Waals surface area (Å²) in [7, 11) is 0. The molecule has 0 saturated carbocycles. The van der Waals surface area contributed by atoms with E-state index in [1.54, 1.807) is 48.5 Å². The molecule has 2 N–H and O–H groups in total. The highest BCUT2D eigenvalue weighted by Crippen LogP contribution is 2.54. The second-order valence-corrected chi connectivity index (χ2v) is 12.3. The van der Waals surface area contributed by atoms with Gasteiger partial charge in [-0.25, -0.2) is 4.90 Å². The highest BCUT2D eigenvalue weighted by atomic mass is 35.5. The van der Waals surface area contributed by atoms with Crippen LogP contribution in [0.2, 0.25) is 5.02 Å². The molecule has 0 bridgehead atoms. The van der Waals surface area contributed by atoms with Gasteiger partial charge in [0, 0.05) is 21.5 Å². The molecule has 43 heavy (non-hydrogen) atoms. The van der Waals surface area contributed by atoms with Gasteiger partial charge in [-0.05, 0) is 54.1 Å². The molecular weight excluding hydrogens is 627 g/mol. The number of benzene rings is 3. The van der Waals surface area contributed by atoms with E-state index < -0.39 is 57.1 Å². The van der Waals surface area contributed by atoms with E-state index >= 15 is 0 Å². The van der Waals surface area contributed by atoms with Gasteiger partial charge in [-0.1, -0.05) is 59.0 Å². The number of carbonyl (C=O) groups is 3. The second kappa shape index (κ2) is 11.2. The Kier molecular flexibility index (Phi) is 7.57. The van der Waals surface area contributed by atoms with Crippen LogP contribution in [-0.2, 0) is 20.6 Å². The average Bonchev–Trinajstić information content (AvgIpc) is 3.46. The first-order valence-corrected chi connectivity index (χ1v) is 14.8. The molecule has 0 spiro atoms. The van der Waals surface area contributed by atoms with Crippen molar-refractivity contribution >= 4 is 63.8 Å². The van der Waals surface area contributed by atoms with Gasteiger partial charge in [-0.15, -0.1) is 0 Å². The molecule has 4 aromatic rings. The number of para-hydroxylation sites is 1.